The number of sulfonamides is 1. The molecule has 0 aromatic heterocycles. The molecule has 3 aromatic carbocycles. The second-order valence-electron chi connectivity index (χ2n) is 8.34. The van der Waals surface area contributed by atoms with E-state index in [9.17, 15) is 13.2 Å². The Kier molecular flexibility index (Phi) is 7.62. The number of aryl methyl sites for hydroxylation is 1. The maximum Gasteiger partial charge on any atom is 0.262 e. The highest BCUT2D eigenvalue weighted by molar-refractivity contribution is 7.92. The number of morpholine rings is 1. The molecule has 7 nitrogen and oxygen atoms in total. The molecule has 3 aromatic rings. The van der Waals surface area contributed by atoms with Crippen molar-refractivity contribution in [2.45, 2.75) is 24.9 Å². The zero-order valence-corrected chi connectivity index (χ0v) is 20.0. The van der Waals surface area contributed by atoms with E-state index in [4.69, 9.17) is 4.74 Å². The molecule has 0 radical (unpaired) electrons. The predicted molar refractivity (Wildman–Crippen MR) is 132 cm³/mol. The summed E-state index contributed by atoms with van der Waals surface area (Å²) in [4.78, 5) is 15.2. The number of para-hydroxylation sites is 1. The van der Waals surface area contributed by atoms with Crippen LogP contribution in [0.15, 0.2) is 77.7 Å². The predicted octanol–water partition coefficient (Wildman–Crippen LogP) is 3.56. The minimum absolute atomic E-state index is 0.0801. The van der Waals surface area contributed by atoms with Crippen molar-refractivity contribution >= 4 is 21.6 Å². The van der Waals surface area contributed by atoms with Gasteiger partial charge in [0.15, 0.2) is 0 Å². The monoisotopic (exact) mass is 479 g/mol. The van der Waals surface area contributed by atoms with Crippen molar-refractivity contribution in [2.24, 2.45) is 0 Å². The van der Waals surface area contributed by atoms with Crippen molar-refractivity contribution < 1.29 is 17.9 Å². The molecule has 0 unspecified atom stereocenters. The molecule has 1 aliphatic heterocycles. The van der Waals surface area contributed by atoms with Gasteiger partial charge in [0.25, 0.3) is 15.9 Å². The summed E-state index contributed by atoms with van der Waals surface area (Å²) in [5, 5.41) is 2.91. The standard InChI is InChI=1S/C26H29N3O4S/c1-20-10-11-23(17-25(20)34(31,32)28-24-8-3-2-4-9-24)26(30)27-18-21-6-5-7-22(16-21)19-29-12-14-33-15-13-29/h2-11,16-17,28H,12-15,18-19H2,1H3,(H,27,30). The van der Waals surface area contributed by atoms with Gasteiger partial charge in [0, 0.05) is 37.4 Å². The summed E-state index contributed by atoms with van der Waals surface area (Å²) in [6, 6.07) is 21.5. The van der Waals surface area contributed by atoms with Crippen molar-refractivity contribution in [3.8, 4) is 0 Å². The minimum atomic E-state index is -3.83. The first-order chi connectivity index (χ1) is 16.4. The second-order valence-corrected chi connectivity index (χ2v) is 9.99. The maximum atomic E-state index is 12.9. The molecule has 1 heterocycles. The van der Waals surface area contributed by atoms with E-state index in [1.54, 1.807) is 43.3 Å². The highest BCUT2D eigenvalue weighted by atomic mass is 32.2. The van der Waals surface area contributed by atoms with Gasteiger partial charge in [0.05, 0.1) is 18.1 Å². The summed E-state index contributed by atoms with van der Waals surface area (Å²) in [6.07, 6.45) is 0. The number of nitrogens with zero attached hydrogens (tertiary/aromatic N) is 1. The van der Waals surface area contributed by atoms with Gasteiger partial charge in [-0.2, -0.15) is 0 Å². The average Bonchev–Trinajstić information content (AvgIpc) is 2.84. The van der Waals surface area contributed by atoms with Crippen LogP contribution in [0.4, 0.5) is 5.69 Å². The van der Waals surface area contributed by atoms with Gasteiger partial charge in [-0.25, -0.2) is 8.42 Å². The topological polar surface area (TPSA) is 87.7 Å². The number of amides is 1. The third-order valence-electron chi connectivity index (χ3n) is 5.72. The lowest BCUT2D eigenvalue weighted by Gasteiger charge is -2.26. The first-order valence-corrected chi connectivity index (χ1v) is 12.7. The highest BCUT2D eigenvalue weighted by Crippen LogP contribution is 2.21. The molecule has 34 heavy (non-hydrogen) atoms. The van der Waals surface area contributed by atoms with Crippen molar-refractivity contribution in [2.75, 3.05) is 31.0 Å². The summed E-state index contributed by atoms with van der Waals surface area (Å²) in [5.74, 6) is -0.324. The van der Waals surface area contributed by atoms with E-state index >= 15 is 0 Å². The Morgan fingerprint density at radius 1 is 0.941 bits per heavy atom. The minimum Gasteiger partial charge on any atom is -0.379 e. The summed E-state index contributed by atoms with van der Waals surface area (Å²) >= 11 is 0. The number of hydrogen-bond donors (Lipinski definition) is 2. The number of carbonyl (C=O) groups is 1. The molecule has 4 rings (SSSR count). The third kappa shape index (κ3) is 6.22. The lowest BCUT2D eigenvalue weighted by molar-refractivity contribution is 0.0342. The molecule has 0 spiro atoms. The zero-order chi connectivity index (χ0) is 24.0. The molecule has 8 heteroatoms. The van der Waals surface area contributed by atoms with E-state index in [1.165, 1.54) is 11.6 Å². The molecule has 0 bridgehead atoms. The molecule has 0 aliphatic carbocycles. The smallest absolute Gasteiger partial charge is 0.262 e. The lowest BCUT2D eigenvalue weighted by Crippen LogP contribution is -2.35. The number of nitrogens with one attached hydrogen (secondary N) is 2. The number of carbonyl (C=O) groups excluding carboxylic acids is 1. The van der Waals surface area contributed by atoms with Crippen LogP contribution in [0.2, 0.25) is 0 Å². The van der Waals surface area contributed by atoms with Gasteiger partial charge in [-0.15, -0.1) is 0 Å². The van der Waals surface area contributed by atoms with Crippen LogP contribution < -0.4 is 10.0 Å². The quantitative estimate of drug-likeness (QED) is 0.516. The Morgan fingerprint density at radius 2 is 1.68 bits per heavy atom. The van der Waals surface area contributed by atoms with E-state index in [1.807, 2.05) is 18.2 Å². The summed E-state index contributed by atoms with van der Waals surface area (Å²) < 4.78 is 33.8. The Morgan fingerprint density at radius 3 is 2.44 bits per heavy atom. The van der Waals surface area contributed by atoms with Crippen LogP contribution in [0.25, 0.3) is 0 Å². The van der Waals surface area contributed by atoms with Gasteiger partial charge in [0.2, 0.25) is 0 Å². The summed E-state index contributed by atoms with van der Waals surface area (Å²) in [6.45, 7) is 6.25. The van der Waals surface area contributed by atoms with Crippen molar-refractivity contribution in [3.63, 3.8) is 0 Å². The molecule has 1 amide bonds. The Bertz CT molecular complexity index is 1240. The van der Waals surface area contributed by atoms with Crippen LogP contribution in [0.1, 0.15) is 27.0 Å². The second kappa shape index (κ2) is 10.8. The zero-order valence-electron chi connectivity index (χ0n) is 19.2. The van der Waals surface area contributed by atoms with Crippen LogP contribution in [0.3, 0.4) is 0 Å². The number of hydrogen-bond acceptors (Lipinski definition) is 5. The van der Waals surface area contributed by atoms with Crippen LogP contribution in [0, 0.1) is 6.92 Å². The van der Waals surface area contributed by atoms with Gasteiger partial charge < -0.3 is 10.1 Å². The Hall–Kier alpha value is -3.20. The third-order valence-corrected chi connectivity index (χ3v) is 7.24. The van der Waals surface area contributed by atoms with E-state index in [0.717, 1.165) is 38.4 Å². The number of rotatable bonds is 8. The first-order valence-electron chi connectivity index (χ1n) is 11.3. The van der Waals surface area contributed by atoms with Crippen LogP contribution in [0.5, 0.6) is 0 Å². The van der Waals surface area contributed by atoms with E-state index in [2.05, 4.69) is 27.1 Å². The molecular weight excluding hydrogens is 450 g/mol. The average molecular weight is 480 g/mol. The van der Waals surface area contributed by atoms with Gasteiger partial charge in [-0.1, -0.05) is 48.5 Å². The Balaban J connectivity index is 1.42. The van der Waals surface area contributed by atoms with Crippen LogP contribution in [-0.4, -0.2) is 45.5 Å². The van der Waals surface area contributed by atoms with Gasteiger partial charge >= 0.3 is 0 Å². The normalized spacial score (nSPS) is 14.5. The molecule has 1 aliphatic rings. The highest BCUT2D eigenvalue weighted by Gasteiger charge is 2.19. The van der Waals surface area contributed by atoms with E-state index < -0.39 is 10.0 Å². The summed E-state index contributed by atoms with van der Waals surface area (Å²) in [7, 11) is -3.83. The molecule has 2 N–H and O–H groups in total. The molecule has 0 saturated carbocycles. The van der Waals surface area contributed by atoms with Gasteiger partial charge in [-0.05, 0) is 47.9 Å². The van der Waals surface area contributed by atoms with Crippen molar-refractivity contribution in [3.05, 3.63) is 95.1 Å². The number of benzene rings is 3. The molecule has 1 fully saturated rings. The molecule has 0 atom stereocenters. The van der Waals surface area contributed by atoms with Gasteiger partial charge in [0.1, 0.15) is 0 Å². The number of ether oxygens (including phenoxy) is 1. The van der Waals surface area contributed by atoms with Gasteiger partial charge in [-0.3, -0.25) is 14.4 Å². The number of anilines is 1. The molecule has 1 saturated heterocycles. The van der Waals surface area contributed by atoms with Crippen LogP contribution >= 0.6 is 0 Å². The Labute approximate surface area is 200 Å². The largest absolute Gasteiger partial charge is 0.379 e. The fourth-order valence-electron chi connectivity index (χ4n) is 3.89. The SMILES string of the molecule is Cc1ccc(C(=O)NCc2cccc(CN3CCOCC3)c2)cc1S(=O)(=O)Nc1ccccc1. The lowest BCUT2D eigenvalue weighted by atomic mass is 10.1. The fourth-order valence-corrected chi connectivity index (χ4v) is 5.22. The first kappa shape index (κ1) is 23.9. The summed E-state index contributed by atoms with van der Waals surface area (Å²) in [5.41, 5.74) is 3.50. The van der Waals surface area contributed by atoms with Crippen molar-refractivity contribution in [1.82, 2.24) is 10.2 Å². The maximum absolute atomic E-state index is 12.9. The molecule has 178 valence electrons. The van der Waals surface area contributed by atoms with Crippen LogP contribution in [-0.2, 0) is 27.8 Å². The molecular formula is C26H29N3O4S. The van der Waals surface area contributed by atoms with E-state index in [0.29, 0.717) is 23.4 Å². The fraction of sp³-hybridized carbons (Fsp3) is 0.269. The van der Waals surface area contributed by atoms with E-state index in [-0.39, 0.29) is 10.8 Å². The van der Waals surface area contributed by atoms with Crippen molar-refractivity contribution in [1.29, 1.82) is 0 Å².